The molecule has 0 aromatic carbocycles. The molecule has 2 N–H and O–H groups in total. The van der Waals surface area contributed by atoms with E-state index in [4.69, 9.17) is 13.8 Å². The van der Waals surface area contributed by atoms with E-state index in [0.717, 1.165) is 64.2 Å². The van der Waals surface area contributed by atoms with Crippen molar-refractivity contribution in [1.82, 2.24) is 5.32 Å². The lowest BCUT2D eigenvalue weighted by Gasteiger charge is -2.27. The normalized spacial score (nSPS) is 14.2. The summed E-state index contributed by atoms with van der Waals surface area (Å²) in [7, 11) is 1.46. The SMILES string of the molecule is CCCCC/C=C\C/C=C\C/C=C\C/C=C\CCCC(=O)NC(COP(=O)(O)OCC[N+](C)(C)C)C(/C=C/CCCCCCCCCCC)OC(=O)CCCCCCCCCCCCC/C=C/CCCCCCCC. The highest BCUT2D eigenvalue weighted by molar-refractivity contribution is 7.47. The minimum Gasteiger partial charge on any atom is -0.456 e. The van der Waals surface area contributed by atoms with E-state index in [9.17, 15) is 19.0 Å². The minimum absolute atomic E-state index is 0.0283. The van der Waals surface area contributed by atoms with Gasteiger partial charge in [0.25, 0.3) is 0 Å². The van der Waals surface area contributed by atoms with Crippen molar-refractivity contribution in [1.29, 1.82) is 0 Å². The topological polar surface area (TPSA) is 111 Å². The zero-order chi connectivity index (χ0) is 55.0. The maximum absolute atomic E-state index is 13.5. The van der Waals surface area contributed by atoms with Crippen LogP contribution in [0.4, 0.5) is 0 Å². The van der Waals surface area contributed by atoms with Gasteiger partial charge in [-0.05, 0) is 96.0 Å². The molecule has 436 valence electrons. The van der Waals surface area contributed by atoms with Gasteiger partial charge < -0.3 is 19.4 Å². The molecule has 9 nitrogen and oxygen atoms in total. The number of nitrogens with one attached hydrogen (secondary N) is 1. The van der Waals surface area contributed by atoms with Crippen LogP contribution in [-0.4, -0.2) is 74.3 Å². The summed E-state index contributed by atoms with van der Waals surface area (Å²) in [5.74, 6) is -0.569. The number of carbonyl (C=O) groups excluding carboxylic acids is 2. The molecule has 10 heteroatoms. The zero-order valence-corrected chi connectivity index (χ0v) is 50.7. The van der Waals surface area contributed by atoms with Crippen LogP contribution in [0.1, 0.15) is 278 Å². The Bertz CT molecular complexity index is 1510. The average Bonchev–Trinajstić information content (AvgIpc) is 3.37. The van der Waals surface area contributed by atoms with Crippen molar-refractivity contribution >= 4 is 19.7 Å². The standard InChI is InChI=1S/C65H119N2O7P/c1-7-10-13-16-19-22-25-27-29-31-32-33-34-36-38-40-43-46-49-52-55-58-65(69)74-63(56-53-50-47-44-41-24-21-18-15-12-9-3)62(61-73-75(70,71)72-60-59-67(4,5)6)66-64(68)57-54-51-48-45-42-39-37-35-30-28-26-23-20-17-14-11-8-2/h20,23,27-30,37,39,45,48,53,56,62-63H,7-19,21-22,24-26,31-36,38,40-44,46-47,49-52,54-55,57-61H2,1-6H3,(H-,66,68,70,71)/p+1/b23-20-,29-27+,30-28-,39-37-,48-45-,56-53+. The van der Waals surface area contributed by atoms with Crippen molar-refractivity contribution < 1.29 is 37.3 Å². The third kappa shape index (κ3) is 56.0. The third-order valence-corrected chi connectivity index (χ3v) is 14.6. The molecule has 75 heavy (non-hydrogen) atoms. The van der Waals surface area contributed by atoms with Gasteiger partial charge in [-0.3, -0.25) is 18.6 Å². The van der Waals surface area contributed by atoms with Crippen LogP contribution in [0.5, 0.6) is 0 Å². The Labute approximate surface area is 463 Å². The molecule has 0 saturated carbocycles. The van der Waals surface area contributed by atoms with E-state index in [0.29, 0.717) is 17.4 Å². The number of carbonyl (C=O) groups is 2. The Morgan fingerprint density at radius 3 is 1.28 bits per heavy atom. The molecule has 0 fully saturated rings. The number of unbranched alkanes of at least 4 members (excludes halogenated alkanes) is 30. The highest BCUT2D eigenvalue weighted by Gasteiger charge is 2.30. The van der Waals surface area contributed by atoms with Crippen LogP contribution in [-0.2, 0) is 27.9 Å². The van der Waals surface area contributed by atoms with Gasteiger partial charge in [0.05, 0.1) is 33.8 Å². The van der Waals surface area contributed by atoms with Crippen molar-refractivity contribution in [2.75, 3.05) is 40.9 Å². The Morgan fingerprint density at radius 2 is 0.827 bits per heavy atom. The number of ether oxygens (including phenoxy) is 1. The Kier molecular flexibility index (Phi) is 52.9. The summed E-state index contributed by atoms with van der Waals surface area (Å²) in [5, 5.41) is 3.02. The van der Waals surface area contributed by atoms with Crippen LogP contribution in [0.15, 0.2) is 72.9 Å². The van der Waals surface area contributed by atoms with E-state index in [1.54, 1.807) is 0 Å². The summed E-state index contributed by atoms with van der Waals surface area (Å²) in [5.41, 5.74) is 0. The number of amides is 1. The summed E-state index contributed by atoms with van der Waals surface area (Å²) in [6, 6.07) is -0.878. The maximum Gasteiger partial charge on any atom is 0.472 e. The van der Waals surface area contributed by atoms with Gasteiger partial charge in [-0.15, -0.1) is 0 Å². The number of esters is 1. The van der Waals surface area contributed by atoms with Crippen LogP contribution in [0, 0.1) is 0 Å². The Balaban J connectivity index is 5.26. The van der Waals surface area contributed by atoms with Gasteiger partial charge in [-0.1, -0.05) is 242 Å². The van der Waals surface area contributed by atoms with E-state index in [1.807, 2.05) is 33.3 Å². The molecule has 0 heterocycles. The molecule has 0 rings (SSSR count). The van der Waals surface area contributed by atoms with Gasteiger partial charge in [0.1, 0.15) is 19.3 Å². The summed E-state index contributed by atoms with van der Waals surface area (Å²) in [6.07, 6.45) is 70.6. The molecular weight excluding hydrogens is 952 g/mol. The molecule has 0 aliphatic rings. The van der Waals surface area contributed by atoms with Crippen molar-refractivity contribution in [2.45, 2.75) is 290 Å². The molecule has 0 saturated heterocycles. The summed E-state index contributed by atoms with van der Waals surface area (Å²) >= 11 is 0. The smallest absolute Gasteiger partial charge is 0.456 e. The molecule has 0 aliphatic carbocycles. The molecule has 0 aromatic rings. The first-order chi connectivity index (χ1) is 36.4. The molecular formula is C65H120N2O7P+. The van der Waals surface area contributed by atoms with E-state index < -0.39 is 20.0 Å². The van der Waals surface area contributed by atoms with Gasteiger partial charge in [-0.25, -0.2) is 4.57 Å². The third-order valence-electron chi connectivity index (χ3n) is 13.6. The molecule has 0 aromatic heterocycles. The maximum atomic E-state index is 13.5. The summed E-state index contributed by atoms with van der Waals surface area (Å²) < 4.78 is 30.6. The number of quaternary nitrogens is 1. The van der Waals surface area contributed by atoms with Crippen LogP contribution < -0.4 is 5.32 Å². The number of hydrogen-bond acceptors (Lipinski definition) is 6. The van der Waals surface area contributed by atoms with Gasteiger partial charge in [0.2, 0.25) is 5.91 Å². The molecule has 0 bridgehead atoms. The second-order valence-electron chi connectivity index (χ2n) is 22.2. The number of phosphoric ester groups is 1. The molecule has 3 unspecified atom stereocenters. The Hall–Kier alpha value is -2.55. The van der Waals surface area contributed by atoms with E-state index >= 15 is 0 Å². The van der Waals surface area contributed by atoms with Crippen molar-refractivity contribution in [2.24, 2.45) is 0 Å². The quantitative estimate of drug-likeness (QED) is 0.0205. The highest BCUT2D eigenvalue weighted by atomic mass is 31.2. The number of rotatable bonds is 56. The number of phosphoric acid groups is 1. The molecule has 0 spiro atoms. The predicted octanol–water partition coefficient (Wildman–Crippen LogP) is 19.2. The van der Waals surface area contributed by atoms with Crippen molar-refractivity contribution in [3.63, 3.8) is 0 Å². The second-order valence-corrected chi connectivity index (χ2v) is 23.7. The van der Waals surface area contributed by atoms with Crippen LogP contribution in [0.3, 0.4) is 0 Å². The fourth-order valence-corrected chi connectivity index (χ4v) is 9.49. The molecule has 0 radical (unpaired) electrons. The lowest BCUT2D eigenvalue weighted by atomic mass is 10.0. The molecule has 0 aliphatic heterocycles. The first-order valence-corrected chi connectivity index (χ1v) is 32.8. The molecule has 1 amide bonds. The largest absolute Gasteiger partial charge is 0.472 e. The fraction of sp³-hybridized carbons (Fsp3) is 0.785. The van der Waals surface area contributed by atoms with Crippen LogP contribution in [0.2, 0.25) is 0 Å². The van der Waals surface area contributed by atoms with Gasteiger partial charge in [0, 0.05) is 12.8 Å². The van der Waals surface area contributed by atoms with Gasteiger partial charge in [0.15, 0.2) is 0 Å². The number of hydrogen-bond donors (Lipinski definition) is 2. The summed E-state index contributed by atoms with van der Waals surface area (Å²) in [6.45, 7) is 6.94. The lowest BCUT2D eigenvalue weighted by molar-refractivity contribution is -0.870. The van der Waals surface area contributed by atoms with Gasteiger partial charge >= 0.3 is 13.8 Å². The Morgan fingerprint density at radius 1 is 0.467 bits per heavy atom. The lowest BCUT2D eigenvalue weighted by Crippen LogP contribution is -2.47. The first kappa shape index (κ1) is 72.5. The number of nitrogens with zero attached hydrogens (tertiary/aromatic N) is 1. The summed E-state index contributed by atoms with van der Waals surface area (Å²) in [4.78, 5) is 37.6. The average molecular weight is 1070 g/mol. The highest BCUT2D eigenvalue weighted by Crippen LogP contribution is 2.43. The fourth-order valence-electron chi connectivity index (χ4n) is 8.75. The van der Waals surface area contributed by atoms with Crippen LogP contribution in [0.25, 0.3) is 0 Å². The first-order valence-electron chi connectivity index (χ1n) is 31.3. The van der Waals surface area contributed by atoms with Crippen molar-refractivity contribution in [3.05, 3.63) is 72.9 Å². The predicted molar refractivity (Wildman–Crippen MR) is 323 cm³/mol. The van der Waals surface area contributed by atoms with E-state index in [-0.39, 0.29) is 37.9 Å². The molecule has 3 atom stereocenters. The number of allylic oxidation sites excluding steroid dienone is 11. The zero-order valence-electron chi connectivity index (χ0n) is 49.8. The number of likely N-dealkylation sites (N-methyl/N-ethyl adjacent to an activating group) is 1. The van der Waals surface area contributed by atoms with E-state index in [2.05, 4.69) is 86.8 Å². The van der Waals surface area contributed by atoms with E-state index in [1.165, 1.54) is 173 Å². The second kappa shape index (κ2) is 54.8. The van der Waals surface area contributed by atoms with Crippen molar-refractivity contribution in [3.8, 4) is 0 Å². The minimum atomic E-state index is -4.46. The van der Waals surface area contributed by atoms with Gasteiger partial charge in [-0.2, -0.15) is 0 Å². The van der Waals surface area contributed by atoms with Crippen LogP contribution >= 0.6 is 7.82 Å². The monoisotopic (exact) mass is 1070 g/mol.